The van der Waals surface area contributed by atoms with Gasteiger partial charge in [-0.15, -0.1) is 0 Å². The molecule has 0 saturated heterocycles. The first kappa shape index (κ1) is 8.43. The first-order chi connectivity index (χ1) is 4.23. The van der Waals surface area contributed by atoms with E-state index in [-0.39, 0.29) is 0 Å². The third-order valence-corrected chi connectivity index (χ3v) is 0.425. The minimum atomic E-state index is -3.13. The van der Waals surface area contributed by atoms with Gasteiger partial charge < -0.3 is 14.2 Å². The Bertz CT molecular complexity index is 126. The first-order valence-electron chi connectivity index (χ1n) is 2.12. The lowest BCUT2D eigenvalue weighted by Gasteiger charge is -1.61. The van der Waals surface area contributed by atoms with E-state index < -0.39 is 8.25 Å². The Morgan fingerprint density at radius 2 is 1.56 bits per heavy atom. The minimum absolute atomic E-state index is 1.62. The molecule has 0 bridgehead atoms. The van der Waals surface area contributed by atoms with Crippen molar-refractivity contribution in [1.82, 2.24) is 0 Å². The maximum absolute atomic E-state index is 8.74. The molecule has 0 spiro atoms. The normalized spacial score (nSPS) is 8.33. The van der Waals surface area contributed by atoms with E-state index in [2.05, 4.69) is 4.42 Å². The van der Waals surface area contributed by atoms with Crippen LogP contribution in [0.3, 0.4) is 0 Å². The molecule has 0 amide bonds. The van der Waals surface area contributed by atoms with Crippen LogP contribution >= 0.6 is 8.25 Å². The van der Waals surface area contributed by atoms with Gasteiger partial charge >= 0.3 is 8.25 Å². The third kappa shape index (κ3) is 11.2. The van der Waals surface area contributed by atoms with Crippen molar-refractivity contribution in [1.29, 1.82) is 0 Å². The fraction of sp³-hybridized carbons (Fsp3) is 0. The predicted octanol–water partition coefficient (Wildman–Crippen LogP) is 0.640. The monoisotopic (exact) mass is 150 g/mol. The second kappa shape index (κ2) is 5.56. The summed E-state index contributed by atoms with van der Waals surface area (Å²) in [7, 11) is -3.13. The van der Waals surface area contributed by atoms with Gasteiger partial charge in [-0.2, -0.15) is 0 Å². The molecule has 1 aromatic heterocycles. The standard InChI is InChI=1S/C4H4O.H3O3P/c1-2-4-5-3-1;1-4(2)3/h1-4H;4H,(H2,1,2,3). The van der Waals surface area contributed by atoms with Crippen LogP contribution in [-0.4, -0.2) is 9.79 Å². The van der Waals surface area contributed by atoms with Crippen molar-refractivity contribution in [3.8, 4) is 0 Å². The maximum atomic E-state index is 8.74. The van der Waals surface area contributed by atoms with E-state index in [1.807, 2.05) is 12.1 Å². The second-order valence-electron chi connectivity index (χ2n) is 1.08. The van der Waals surface area contributed by atoms with Crippen molar-refractivity contribution in [2.45, 2.75) is 0 Å². The average Bonchev–Trinajstić information content (AvgIpc) is 2.11. The molecule has 0 aliphatic rings. The Labute approximate surface area is 52.7 Å². The highest BCUT2D eigenvalue weighted by Gasteiger charge is 1.61. The van der Waals surface area contributed by atoms with E-state index in [1.54, 1.807) is 12.5 Å². The van der Waals surface area contributed by atoms with E-state index in [0.29, 0.717) is 0 Å². The molecule has 0 atom stereocenters. The summed E-state index contributed by atoms with van der Waals surface area (Å²) < 4.78 is 13.3. The molecule has 1 heterocycles. The summed E-state index contributed by atoms with van der Waals surface area (Å²) in [4.78, 5) is 14.3. The van der Waals surface area contributed by atoms with Crippen LogP contribution in [0.2, 0.25) is 0 Å². The van der Waals surface area contributed by atoms with Crippen LogP contribution in [0.5, 0.6) is 0 Å². The van der Waals surface area contributed by atoms with Crippen molar-refractivity contribution < 1.29 is 18.8 Å². The van der Waals surface area contributed by atoms with Crippen LogP contribution in [0.4, 0.5) is 0 Å². The van der Waals surface area contributed by atoms with E-state index in [9.17, 15) is 0 Å². The zero-order chi connectivity index (χ0) is 7.11. The molecule has 0 saturated carbocycles. The zero-order valence-corrected chi connectivity index (χ0v) is 5.52. The number of furan rings is 1. The lowest BCUT2D eigenvalue weighted by molar-refractivity contribution is 0.405. The van der Waals surface area contributed by atoms with Crippen LogP contribution in [0.15, 0.2) is 29.1 Å². The summed E-state index contributed by atoms with van der Waals surface area (Å²) in [5.74, 6) is 0. The molecule has 0 aliphatic carbocycles. The van der Waals surface area contributed by atoms with Crippen molar-refractivity contribution in [2.24, 2.45) is 0 Å². The SMILES string of the molecule is O=[PH](O)O.c1ccoc1. The van der Waals surface area contributed by atoms with Gasteiger partial charge in [-0.3, -0.25) is 4.57 Å². The summed E-state index contributed by atoms with van der Waals surface area (Å²) in [6.07, 6.45) is 3.25. The van der Waals surface area contributed by atoms with Crippen LogP contribution in [0, 0.1) is 0 Å². The van der Waals surface area contributed by atoms with E-state index in [4.69, 9.17) is 14.4 Å². The van der Waals surface area contributed by atoms with Crippen molar-refractivity contribution >= 4 is 8.25 Å². The molecule has 1 rings (SSSR count). The molecule has 0 fully saturated rings. The van der Waals surface area contributed by atoms with Gasteiger partial charge in [0.15, 0.2) is 0 Å². The average molecular weight is 150 g/mol. The molecule has 0 aliphatic heterocycles. The molecular formula is C4H7O4P. The van der Waals surface area contributed by atoms with Crippen LogP contribution in [-0.2, 0) is 4.57 Å². The van der Waals surface area contributed by atoms with Crippen molar-refractivity contribution in [3.05, 3.63) is 24.7 Å². The van der Waals surface area contributed by atoms with Gasteiger partial charge in [0.25, 0.3) is 0 Å². The Balaban J connectivity index is 0.000000148. The second-order valence-corrected chi connectivity index (χ2v) is 1.64. The topological polar surface area (TPSA) is 70.7 Å². The predicted molar refractivity (Wildman–Crippen MR) is 32.1 cm³/mol. The van der Waals surface area contributed by atoms with Gasteiger partial charge in [0.2, 0.25) is 0 Å². The molecule has 5 heteroatoms. The van der Waals surface area contributed by atoms with Crippen molar-refractivity contribution in [3.63, 3.8) is 0 Å². The van der Waals surface area contributed by atoms with Gasteiger partial charge in [-0.25, -0.2) is 0 Å². The van der Waals surface area contributed by atoms with E-state index >= 15 is 0 Å². The molecular weight excluding hydrogens is 143 g/mol. The highest BCUT2D eigenvalue weighted by Crippen LogP contribution is 1.98. The molecule has 2 N–H and O–H groups in total. The van der Waals surface area contributed by atoms with Crippen molar-refractivity contribution in [2.75, 3.05) is 0 Å². The third-order valence-electron chi connectivity index (χ3n) is 0.425. The quantitative estimate of drug-likeness (QED) is 0.532. The minimum Gasteiger partial charge on any atom is -0.473 e. The van der Waals surface area contributed by atoms with E-state index in [1.165, 1.54) is 0 Å². The Kier molecular flexibility index (Phi) is 5.21. The Hall–Kier alpha value is -0.570. The summed E-state index contributed by atoms with van der Waals surface area (Å²) >= 11 is 0. The van der Waals surface area contributed by atoms with Crippen LogP contribution < -0.4 is 0 Å². The molecule has 9 heavy (non-hydrogen) atoms. The van der Waals surface area contributed by atoms with Crippen LogP contribution in [0.1, 0.15) is 0 Å². The van der Waals surface area contributed by atoms with Gasteiger partial charge in [0.1, 0.15) is 0 Å². The van der Waals surface area contributed by atoms with Crippen LogP contribution in [0.25, 0.3) is 0 Å². The van der Waals surface area contributed by atoms with Gasteiger partial charge in [0, 0.05) is 0 Å². The summed E-state index contributed by atoms with van der Waals surface area (Å²) in [6, 6.07) is 3.67. The highest BCUT2D eigenvalue weighted by molar-refractivity contribution is 7.30. The highest BCUT2D eigenvalue weighted by atomic mass is 31.1. The molecule has 0 unspecified atom stereocenters. The number of hydrogen-bond acceptors (Lipinski definition) is 2. The summed E-state index contributed by atoms with van der Waals surface area (Å²) in [5.41, 5.74) is 0. The molecule has 0 radical (unpaired) electrons. The molecule has 4 nitrogen and oxygen atoms in total. The fourth-order valence-electron chi connectivity index (χ4n) is 0.227. The Morgan fingerprint density at radius 1 is 1.22 bits per heavy atom. The smallest absolute Gasteiger partial charge is 0.314 e. The van der Waals surface area contributed by atoms with Gasteiger partial charge in [0.05, 0.1) is 12.5 Å². The largest absolute Gasteiger partial charge is 0.473 e. The van der Waals surface area contributed by atoms with Gasteiger partial charge in [-0.05, 0) is 12.1 Å². The lowest BCUT2D eigenvalue weighted by Crippen LogP contribution is -1.38. The lowest BCUT2D eigenvalue weighted by atomic mass is 10.7. The maximum Gasteiger partial charge on any atom is 0.314 e. The molecule has 0 aromatic carbocycles. The van der Waals surface area contributed by atoms with E-state index in [0.717, 1.165) is 0 Å². The van der Waals surface area contributed by atoms with Gasteiger partial charge in [-0.1, -0.05) is 0 Å². The zero-order valence-electron chi connectivity index (χ0n) is 4.52. The summed E-state index contributed by atoms with van der Waals surface area (Å²) in [5, 5.41) is 0. The Morgan fingerprint density at radius 3 is 1.67 bits per heavy atom. The number of rotatable bonds is 0. The fourth-order valence-corrected chi connectivity index (χ4v) is 0.227. The number of hydrogen-bond donors (Lipinski definition) is 2. The molecule has 52 valence electrons. The summed E-state index contributed by atoms with van der Waals surface area (Å²) in [6.45, 7) is 0. The first-order valence-corrected chi connectivity index (χ1v) is 3.43. The molecule has 1 aromatic rings.